The van der Waals surface area contributed by atoms with Crippen LogP contribution in [0, 0.1) is 5.82 Å². The number of fused-ring (bicyclic) bond motifs is 1. The molecule has 3 nitrogen and oxygen atoms in total. The summed E-state index contributed by atoms with van der Waals surface area (Å²) in [5, 5.41) is 0. The molecule has 1 heterocycles. The van der Waals surface area contributed by atoms with Crippen LogP contribution in [0.1, 0.15) is 0 Å². The first kappa shape index (κ1) is 7.91. The first-order valence-electron chi connectivity index (χ1n) is 3.85. The fourth-order valence-electron chi connectivity index (χ4n) is 1.26. The van der Waals surface area contributed by atoms with Gasteiger partial charge in [0.1, 0.15) is 12.1 Å². The van der Waals surface area contributed by atoms with Crippen LogP contribution in [0.5, 0.6) is 0 Å². The van der Waals surface area contributed by atoms with Gasteiger partial charge in [0.25, 0.3) is 0 Å². The van der Waals surface area contributed by atoms with Crippen LogP contribution in [0.15, 0.2) is 24.5 Å². The molecule has 0 spiro atoms. The minimum absolute atomic E-state index is 0.252. The van der Waals surface area contributed by atoms with E-state index in [1.165, 1.54) is 18.5 Å². The van der Waals surface area contributed by atoms with E-state index in [1.54, 1.807) is 10.6 Å². The molecule has 1 aromatic carbocycles. The van der Waals surface area contributed by atoms with Crippen molar-refractivity contribution < 1.29 is 9.18 Å². The van der Waals surface area contributed by atoms with Gasteiger partial charge in [0, 0.05) is 6.07 Å². The van der Waals surface area contributed by atoms with Gasteiger partial charge in [0.05, 0.1) is 23.9 Å². The summed E-state index contributed by atoms with van der Waals surface area (Å²) in [7, 11) is 0. The summed E-state index contributed by atoms with van der Waals surface area (Å²) < 4.78 is 14.4. The van der Waals surface area contributed by atoms with Crippen LogP contribution in [0.3, 0.4) is 0 Å². The number of aromatic nitrogens is 2. The van der Waals surface area contributed by atoms with Gasteiger partial charge < -0.3 is 9.36 Å². The summed E-state index contributed by atoms with van der Waals surface area (Å²) in [5.74, 6) is -0.316. The summed E-state index contributed by atoms with van der Waals surface area (Å²) in [6, 6.07) is 4.31. The highest BCUT2D eigenvalue weighted by Crippen LogP contribution is 2.13. The fraction of sp³-hybridized carbons (Fsp3) is 0.111. The number of imidazole rings is 1. The Hall–Kier alpha value is -1.71. The minimum atomic E-state index is -0.316. The molecule has 0 bridgehead atoms. The maximum absolute atomic E-state index is 12.7. The van der Waals surface area contributed by atoms with Crippen LogP contribution < -0.4 is 0 Å². The molecule has 1 aromatic heterocycles. The largest absolute Gasteiger partial charge is 0.323 e. The van der Waals surface area contributed by atoms with Crippen molar-refractivity contribution in [3.63, 3.8) is 0 Å². The second kappa shape index (κ2) is 2.97. The minimum Gasteiger partial charge on any atom is -0.323 e. The molecule has 0 saturated carbocycles. The average Bonchev–Trinajstić information content (AvgIpc) is 2.49. The van der Waals surface area contributed by atoms with Gasteiger partial charge in [-0.3, -0.25) is 0 Å². The number of halogens is 1. The summed E-state index contributed by atoms with van der Waals surface area (Å²) in [6.45, 7) is 0.252. The molecule has 0 aliphatic carbocycles. The van der Waals surface area contributed by atoms with Crippen molar-refractivity contribution in [3.8, 4) is 0 Å². The lowest BCUT2D eigenvalue weighted by atomic mass is 10.3. The quantitative estimate of drug-likeness (QED) is 0.651. The van der Waals surface area contributed by atoms with E-state index in [1.807, 2.05) is 0 Å². The van der Waals surface area contributed by atoms with Crippen LogP contribution in [0.25, 0.3) is 11.0 Å². The highest BCUT2D eigenvalue weighted by Gasteiger charge is 2.01. The molecule has 0 saturated heterocycles. The second-order valence-electron chi connectivity index (χ2n) is 2.70. The molecule has 13 heavy (non-hydrogen) atoms. The Morgan fingerprint density at radius 2 is 2.38 bits per heavy atom. The van der Waals surface area contributed by atoms with Gasteiger partial charge >= 0.3 is 0 Å². The monoisotopic (exact) mass is 178 g/mol. The standard InChI is InChI=1S/C9H7FN2O/c10-7-1-2-9-8(5-7)11-6-12(9)3-4-13/h1-2,4-6H,3H2. The number of rotatable bonds is 2. The lowest BCUT2D eigenvalue weighted by molar-refractivity contribution is -0.108. The van der Waals surface area contributed by atoms with Crippen molar-refractivity contribution in [1.29, 1.82) is 0 Å². The maximum atomic E-state index is 12.7. The zero-order valence-electron chi connectivity index (χ0n) is 6.77. The zero-order valence-corrected chi connectivity index (χ0v) is 6.77. The van der Waals surface area contributed by atoms with E-state index in [2.05, 4.69) is 4.98 Å². The van der Waals surface area contributed by atoms with Gasteiger partial charge in [-0.1, -0.05) is 0 Å². The Labute approximate surface area is 73.8 Å². The van der Waals surface area contributed by atoms with Gasteiger partial charge in [-0.2, -0.15) is 0 Å². The predicted molar refractivity (Wildman–Crippen MR) is 45.8 cm³/mol. The van der Waals surface area contributed by atoms with Crippen molar-refractivity contribution in [1.82, 2.24) is 9.55 Å². The third-order valence-corrected chi connectivity index (χ3v) is 1.85. The zero-order chi connectivity index (χ0) is 9.26. The number of hydrogen-bond donors (Lipinski definition) is 0. The summed E-state index contributed by atoms with van der Waals surface area (Å²) in [5.41, 5.74) is 1.34. The molecular weight excluding hydrogens is 171 g/mol. The fourth-order valence-corrected chi connectivity index (χ4v) is 1.26. The molecule has 0 amide bonds. The van der Waals surface area contributed by atoms with E-state index in [-0.39, 0.29) is 12.4 Å². The third-order valence-electron chi connectivity index (χ3n) is 1.85. The number of carbonyl (C=O) groups excluding carboxylic acids is 1. The SMILES string of the molecule is O=CCn1cnc2cc(F)ccc21. The normalized spacial score (nSPS) is 10.5. The van der Waals surface area contributed by atoms with Gasteiger partial charge in [-0.05, 0) is 12.1 Å². The predicted octanol–water partition coefficient (Wildman–Crippen LogP) is 1.37. The van der Waals surface area contributed by atoms with Gasteiger partial charge in [-0.15, -0.1) is 0 Å². The third kappa shape index (κ3) is 1.30. The lowest BCUT2D eigenvalue weighted by Crippen LogP contribution is -1.95. The Balaban J connectivity index is 2.61. The molecule has 0 fully saturated rings. The van der Waals surface area contributed by atoms with Gasteiger partial charge in [0.2, 0.25) is 0 Å². The summed E-state index contributed by atoms with van der Waals surface area (Å²) in [4.78, 5) is 14.2. The van der Waals surface area contributed by atoms with E-state index >= 15 is 0 Å². The first-order valence-corrected chi connectivity index (χ1v) is 3.85. The first-order chi connectivity index (χ1) is 6.31. The van der Waals surface area contributed by atoms with Crippen LogP contribution in [-0.4, -0.2) is 15.8 Å². The molecule has 0 aliphatic heterocycles. The Kier molecular flexibility index (Phi) is 1.81. The van der Waals surface area contributed by atoms with Crippen molar-refractivity contribution in [3.05, 3.63) is 30.3 Å². The molecule has 2 aromatic rings. The smallest absolute Gasteiger partial charge is 0.139 e. The Morgan fingerprint density at radius 3 is 3.15 bits per heavy atom. The van der Waals surface area contributed by atoms with Gasteiger partial charge in [-0.25, -0.2) is 9.37 Å². The molecule has 0 N–H and O–H groups in total. The topological polar surface area (TPSA) is 34.9 Å². The number of nitrogens with zero attached hydrogens (tertiary/aromatic N) is 2. The Morgan fingerprint density at radius 1 is 1.54 bits per heavy atom. The van der Waals surface area contributed by atoms with E-state index in [0.717, 1.165) is 11.8 Å². The maximum Gasteiger partial charge on any atom is 0.139 e. The van der Waals surface area contributed by atoms with E-state index in [0.29, 0.717) is 5.52 Å². The molecule has 0 radical (unpaired) electrons. The number of hydrogen-bond acceptors (Lipinski definition) is 2. The van der Waals surface area contributed by atoms with Crippen molar-refractivity contribution in [2.75, 3.05) is 0 Å². The van der Waals surface area contributed by atoms with Crippen LogP contribution in [-0.2, 0) is 11.3 Å². The number of aldehydes is 1. The highest BCUT2D eigenvalue weighted by atomic mass is 19.1. The number of benzene rings is 1. The molecule has 4 heteroatoms. The molecular formula is C9H7FN2O. The van der Waals surface area contributed by atoms with E-state index in [4.69, 9.17) is 0 Å². The average molecular weight is 178 g/mol. The molecule has 0 unspecified atom stereocenters. The van der Waals surface area contributed by atoms with Crippen molar-refractivity contribution in [2.24, 2.45) is 0 Å². The lowest BCUT2D eigenvalue weighted by Gasteiger charge is -1.96. The van der Waals surface area contributed by atoms with Crippen LogP contribution in [0.4, 0.5) is 4.39 Å². The van der Waals surface area contributed by atoms with E-state index in [9.17, 15) is 9.18 Å². The summed E-state index contributed by atoms with van der Waals surface area (Å²) in [6.07, 6.45) is 2.31. The van der Waals surface area contributed by atoms with Gasteiger partial charge in [0.15, 0.2) is 0 Å². The van der Waals surface area contributed by atoms with Crippen molar-refractivity contribution >= 4 is 17.3 Å². The van der Waals surface area contributed by atoms with Crippen molar-refractivity contribution in [2.45, 2.75) is 6.54 Å². The second-order valence-corrected chi connectivity index (χ2v) is 2.70. The number of carbonyl (C=O) groups is 1. The molecule has 2 rings (SSSR count). The highest BCUT2D eigenvalue weighted by molar-refractivity contribution is 5.76. The summed E-state index contributed by atoms with van der Waals surface area (Å²) >= 11 is 0. The molecule has 0 aliphatic rings. The van der Waals surface area contributed by atoms with E-state index < -0.39 is 0 Å². The van der Waals surface area contributed by atoms with Crippen LogP contribution >= 0.6 is 0 Å². The van der Waals surface area contributed by atoms with Crippen LogP contribution in [0.2, 0.25) is 0 Å². The molecule has 66 valence electrons. The molecule has 0 atom stereocenters. The Bertz CT molecular complexity index is 450.